The van der Waals surface area contributed by atoms with E-state index < -0.39 is 6.09 Å². The van der Waals surface area contributed by atoms with Gasteiger partial charge in [-0.15, -0.1) is 0 Å². The van der Waals surface area contributed by atoms with Gasteiger partial charge in [0.2, 0.25) is 0 Å². The van der Waals surface area contributed by atoms with E-state index in [1.165, 1.54) is 18.4 Å². The number of carbonyl (C=O) groups is 1. The second kappa shape index (κ2) is 7.82. The summed E-state index contributed by atoms with van der Waals surface area (Å²) in [6, 6.07) is 10.9. The Morgan fingerprint density at radius 1 is 1.26 bits per heavy atom. The minimum atomic E-state index is -0.682. The smallest absolute Gasteiger partial charge is 0.404 e. The van der Waals surface area contributed by atoms with Gasteiger partial charge in [0, 0.05) is 6.04 Å². The summed E-state index contributed by atoms with van der Waals surface area (Å²) in [7, 11) is 0. The third kappa shape index (κ3) is 5.54. The van der Waals surface area contributed by atoms with Crippen LogP contribution >= 0.6 is 0 Å². The Morgan fingerprint density at radius 2 is 1.87 bits per heavy atom. The highest BCUT2D eigenvalue weighted by atomic mass is 16.5. The number of rotatable bonds is 5. The van der Waals surface area contributed by atoms with Crippen molar-refractivity contribution in [3.05, 3.63) is 35.9 Å². The molecule has 128 valence electrons. The maximum Gasteiger partial charge on any atom is 0.404 e. The highest BCUT2D eigenvalue weighted by Gasteiger charge is 2.33. The van der Waals surface area contributed by atoms with E-state index in [9.17, 15) is 4.79 Å². The Kier molecular flexibility index (Phi) is 6.05. The molecule has 4 heteroatoms. The Balaban J connectivity index is 1.89. The molecule has 1 fully saturated rings. The molecule has 2 N–H and O–H groups in total. The molecule has 0 radical (unpaired) electrons. The number of primary amides is 1. The lowest BCUT2D eigenvalue weighted by atomic mass is 9.83. The summed E-state index contributed by atoms with van der Waals surface area (Å²) >= 11 is 0. The standard InChI is InChI=1S/C19H30N2O2/c1-19(2,3)17(14-23-18(20)22)21-11-9-16(10-12-21)13-15-7-5-4-6-8-15/h4-8,16-17H,9-14H2,1-3H3,(H2,20,22). The molecule has 0 spiro atoms. The summed E-state index contributed by atoms with van der Waals surface area (Å²) < 4.78 is 5.10. The Hall–Kier alpha value is -1.55. The summed E-state index contributed by atoms with van der Waals surface area (Å²) in [5.41, 5.74) is 6.63. The molecule has 1 aromatic rings. The average molecular weight is 318 g/mol. The second-order valence-electron chi connectivity index (χ2n) is 7.68. The zero-order valence-corrected chi connectivity index (χ0v) is 14.6. The molecular weight excluding hydrogens is 288 g/mol. The molecule has 1 aromatic carbocycles. The summed E-state index contributed by atoms with van der Waals surface area (Å²) in [5, 5.41) is 0. The van der Waals surface area contributed by atoms with Crippen LogP contribution in [0.5, 0.6) is 0 Å². The molecule has 1 saturated heterocycles. The van der Waals surface area contributed by atoms with Gasteiger partial charge in [0.25, 0.3) is 0 Å². The van der Waals surface area contributed by atoms with E-state index in [1.807, 2.05) is 0 Å². The SMILES string of the molecule is CC(C)(C)C(COC(N)=O)N1CCC(Cc2ccccc2)CC1. The number of likely N-dealkylation sites (tertiary alicyclic amines) is 1. The van der Waals surface area contributed by atoms with E-state index in [4.69, 9.17) is 10.5 Å². The van der Waals surface area contributed by atoms with Gasteiger partial charge in [-0.3, -0.25) is 4.90 Å². The first-order valence-corrected chi connectivity index (χ1v) is 8.56. The number of ether oxygens (including phenoxy) is 1. The van der Waals surface area contributed by atoms with Crippen LogP contribution in [0.3, 0.4) is 0 Å². The van der Waals surface area contributed by atoms with Crippen LogP contribution in [0.1, 0.15) is 39.2 Å². The number of nitrogens with zero attached hydrogens (tertiary/aromatic N) is 1. The topological polar surface area (TPSA) is 55.6 Å². The second-order valence-corrected chi connectivity index (χ2v) is 7.68. The van der Waals surface area contributed by atoms with Crippen LogP contribution < -0.4 is 5.73 Å². The van der Waals surface area contributed by atoms with Crippen molar-refractivity contribution in [3.8, 4) is 0 Å². The van der Waals surface area contributed by atoms with E-state index in [2.05, 4.69) is 56.0 Å². The Labute approximate surface area is 140 Å². The van der Waals surface area contributed by atoms with Gasteiger partial charge in [0.05, 0.1) is 0 Å². The molecule has 0 saturated carbocycles. The predicted octanol–water partition coefficient (Wildman–Crippen LogP) is 3.45. The fraction of sp³-hybridized carbons (Fsp3) is 0.632. The minimum absolute atomic E-state index is 0.0573. The number of amides is 1. The first-order chi connectivity index (χ1) is 10.9. The van der Waals surface area contributed by atoms with Gasteiger partial charge in [0.1, 0.15) is 6.61 Å². The fourth-order valence-electron chi connectivity index (χ4n) is 3.48. The van der Waals surface area contributed by atoms with Crippen molar-refractivity contribution in [3.63, 3.8) is 0 Å². The van der Waals surface area contributed by atoms with Crippen molar-refractivity contribution in [2.45, 2.75) is 46.1 Å². The molecular formula is C19H30N2O2. The summed E-state index contributed by atoms with van der Waals surface area (Å²) in [5.74, 6) is 0.742. The van der Waals surface area contributed by atoms with E-state index in [1.54, 1.807) is 0 Å². The van der Waals surface area contributed by atoms with Crippen LogP contribution in [-0.2, 0) is 11.2 Å². The minimum Gasteiger partial charge on any atom is -0.448 e. The third-order valence-electron chi connectivity index (χ3n) is 4.84. The fourth-order valence-corrected chi connectivity index (χ4v) is 3.48. The third-order valence-corrected chi connectivity index (χ3v) is 4.84. The van der Waals surface area contributed by atoms with Crippen molar-refractivity contribution in [1.29, 1.82) is 0 Å². The van der Waals surface area contributed by atoms with E-state index in [0.29, 0.717) is 6.61 Å². The lowest BCUT2D eigenvalue weighted by Crippen LogP contribution is -2.50. The van der Waals surface area contributed by atoms with Gasteiger partial charge in [-0.1, -0.05) is 51.1 Å². The van der Waals surface area contributed by atoms with Crippen LogP contribution in [0.2, 0.25) is 0 Å². The number of hydrogen-bond acceptors (Lipinski definition) is 3. The average Bonchev–Trinajstić information content (AvgIpc) is 2.48. The zero-order valence-electron chi connectivity index (χ0n) is 14.6. The van der Waals surface area contributed by atoms with Crippen molar-refractivity contribution in [2.75, 3.05) is 19.7 Å². The molecule has 1 amide bonds. The van der Waals surface area contributed by atoms with Crippen LogP contribution in [0.25, 0.3) is 0 Å². The molecule has 0 bridgehead atoms. The molecule has 0 aliphatic carbocycles. The van der Waals surface area contributed by atoms with Gasteiger partial charge < -0.3 is 10.5 Å². The van der Waals surface area contributed by atoms with Crippen molar-refractivity contribution in [2.24, 2.45) is 17.1 Å². The molecule has 1 aliphatic heterocycles. The number of carbonyl (C=O) groups excluding carboxylic acids is 1. The number of hydrogen-bond donors (Lipinski definition) is 1. The number of piperidine rings is 1. The van der Waals surface area contributed by atoms with Crippen molar-refractivity contribution >= 4 is 6.09 Å². The number of benzene rings is 1. The highest BCUT2D eigenvalue weighted by molar-refractivity contribution is 5.64. The van der Waals surface area contributed by atoms with Crippen LogP contribution in [0.4, 0.5) is 4.79 Å². The largest absolute Gasteiger partial charge is 0.448 e. The molecule has 1 heterocycles. The maximum absolute atomic E-state index is 11.0. The van der Waals surface area contributed by atoms with E-state index in [0.717, 1.165) is 25.4 Å². The molecule has 2 rings (SSSR count). The van der Waals surface area contributed by atoms with Crippen LogP contribution in [-0.4, -0.2) is 36.7 Å². The van der Waals surface area contributed by atoms with E-state index >= 15 is 0 Å². The van der Waals surface area contributed by atoms with Crippen molar-refractivity contribution < 1.29 is 9.53 Å². The molecule has 0 aromatic heterocycles. The van der Waals surface area contributed by atoms with Gasteiger partial charge in [-0.05, 0) is 49.2 Å². The Morgan fingerprint density at radius 3 is 2.39 bits per heavy atom. The normalized spacial score (nSPS) is 18.6. The molecule has 1 aliphatic rings. The summed E-state index contributed by atoms with van der Waals surface area (Å²) in [4.78, 5) is 13.4. The van der Waals surface area contributed by atoms with Gasteiger partial charge in [-0.25, -0.2) is 4.79 Å². The zero-order chi connectivity index (χ0) is 16.9. The van der Waals surface area contributed by atoms with Gasteiger partial charge >= 0.3 is 6.09 Å². The maximum atomic E-state index is 11.0. The molecule has 1 unspecified atom stereocenters. The predicted molar refractivity (Wildman–Crippen MR) is 93.2 cm³/mol. The first-order valence-electron chi connectivity index (χ1n) is 8.56. The molecule has 1 atom stereocenters. The number of nitrogens with two attached hydrogens (primary N) is 1. The van der Waals surface area contributed by atoms with Crippen LogP contribution in [0.15, 0.2) is 30.3 Å². The lowest BCUT2D eigenvalue weighted by molar-refractivity contribution is 0.0181. The van der Waals surface area contributed by atoms with Crippen LogP contribution in [0, 0.1) is 11.3 Å². The first kappa shape index (κ1) is 17.8. The summed E-state index contributed by atoms with van der Waals surface area (Å²) in [6.07, 6.45) is 2.86. The van der Waals surface area contributed by atoms with Gasteiger partial charge in [-0.2, -0.15) is 0 Å². The van der Waals surface area contributed by atoms with Gasteiger partial charge in [0.15, 0.2) is 0 Å². The highest BCUT2D eigenvalue weighted by Crippen LogP contribution is 2.30. The van der Waals surface area contributed by atoms with Crippen molar-refractivity contribution in [1.82, 2.24) is 4.90 Å². The summed E-state index contributed by atoms with van der Waals surface area (Å²) in [6.45, 7) is 9.07. The monoisotopic (exact) mass is 318 g/mol. The molecule has 23 heavy (non-hydrogen) atoms. The van der Waals surface area contributed by atoms with E-state index in [-0.39, 0.29) is 11.5 Å². The lowest BCUT2D eigenvalue weighted by Gasteiger charge is -2.43. The Bertz CT molecular complexity index is 488. The molecule has 4 nitrogen and oxygen atoms in total. The quantitative estimate of drug-likeness (QED) is 0.904.